The predicted octanol–water partition coefficient (Wildman–Crippen LogP) is 4.20. The Morgan fingerprint density at radius 2 is 1.95 bits per heavy atom. The van der Waals surface area contributed by atoms with Gasteiger partial charge in [0.25, 0.3) is 0 Å². The Bertz CT molecular complexity index is 609. The summed E-state index contributed by atoms with van der Waals surface area (Å²) in [6.07, 6.45) is 0.650. The van der Waals surface area contributed by atoms with Crippen molar-refractivity contribution in [2.75, 3.05) is 11.4 Å². The summed E-state index contributed by atoms with van der Waals surface area (Å²) in [6, 6.07) is 14.6. The van der Waals surface area contributed by atoms with E-state index < -0.39 is 6.10 Å². The molecule has 0 saturated carbocycles. The number of nitrogens with zero attached hydrogens (tertiary/aromatic N) is 1. The molecule has 19 heavy (non-hydrogen) atoms. The zero-order valence-corrected chi connectivity index (χ0v) is 12.4. The van der Waals surface area contributed by atoms with Gasteiger partial charge >= 0.3 is 0 Å². The van der Waals surface area contributed by atoms with E-state index in [4.69, 9.17) is 0 Å². The molecule has 0 bridgehead atoms. The number of aliphatic hydroxyl groups excluding tert-OH is 1. The van der Waals surface area contributed by atoms with Crippen LogP contribution in [0, 0.1) is 0 Å². The van der Waals surface area contributed by atoms with Gasteiger partial charge in [-0.05, 0) is 58.6 Å². The fraction of sp³-hybridized carbons (Fsp3) is 0.250. The SMILES string of the molecule is CC(O)c1ccc(N2CCc3ccccc32)c(Br)c1. The van der Waals surface area contributed by atoms with Gasteiger partial charge in [-0.1, -0.05) is 24.3 Å². The van der Waals surface area contributed by atoms with Crippen molar-refractivity contribution in [3.05, 3.63) is 58.1 Å². The lowest BCUT2D eigenvalue weighted by molar-refractivity contribution is 0.199. The van der Waals surface area contributed by atoms with E-state index >= 15 is 0 Å². The molecule has 2 aromatic carbocycles. The molecule has 1 unspecified atom stereocenters. The van der Waals surface area contributed by atoms with Gasteiger partial charge in [-0.25, -0.2) is 0 Å². The summed E-state index contributed by atoms with van der Waals surface area (Å²) >= 11 is 3.62. The number of anilines is 2. The predicted molar refractivity (Wildman–Crippen MR) is 81.9 cm³/mol. The monoisotopic (exact) mass is 317 g/mol. The Labute approximate surface area is 121 Å². The molecule has 3 heteroatoms. The summed E-state index contributed by atoms with van der Waals surface area (Å²) in [5.41, 5.74) is 4.78. The maximum Gasteiger partial charge on any atom is 0.0762 e. The number of hydrogen-bond acceptors (Lipinski definition) is 2. The van der Waals surface area contributed by atoms with Crippen LogP contribution in [0.4, 0.5) is 11.4 Å². The molecular weight excluding hydrogens is 302 g/mol. The highest BCUT2D eigenvalue weighted by Gasteiger charge is 2.21. The smallest absolute Gasteiger partial charge is 0.0762 e. The van der Waals surface area contributed by atoms with Crippen molar-refractivity contribution in [3.63, 3.8) is 0 Å². The second-order valence-corrected chi connectivity index (χ2v) is 5.77. The quantitative estimate of drug-likeness (QED) is 0.897. The second-order valence-electron chi connectivity index (χ2n) is 4.92. The highest BCUT2D eigenvalue weighted by atomic mass is 79.9. The molecule has 0 spiro atoms. The topological polar surface area (TPSA) is 23.5 Å². The Morgan fingerprint density at radius 3 is 2.68 bits per heavy atom. The zero-order chi connectivity index (χ0) is 13.4. The number of benzene rings is 2. The Balaban J connectivity index is 2.00. The minimum Gasteiger partial charge on any atom is -0.389 e. The summed E-state index contributed by atoms with van der Waals surface area (Å²) in [5, 5.41) is 9.63. The number of fused-ring (bicyclic) bond motifs is 1. The van der Waals surface area contributed by atoms with E-state index in [1.54, 1.807) is 6.92 Å². The molecule has 0 aliphatic carbocycles. The highest BCUT2D eigenvalue weighted by Crippen LogP contribution is 2.38. The van der Waals surface area contributed by atoms with Crippen molar-refractivity contribution in [1.29, 1.82) is 0 Å². The van der Waals surface area contributed by atoms with E-state index in [2.05, 4.69) is 51.2 Å². The minimum absolute atomic E-state index is 0.434. The molecule has 0 saturated heterocycles. The Morgan fingerprint density at radius 1 is 1.16 bits per heavy atom. The van der Waals surface area contributed by atoms with Crippen LogP contribution in [-0.2, 0) is 6.42 Å². The van der Waals surface area contributed by atoms with Crippen molar-refractivity contribution in [2.24, 2.45) is 0 Å². The molecule has 1 N–H and O–H groups in total. The van der Waals surface area contributed by atoms with Gasteiger partial charge in [-0.2, -0.15) is 0 Å². The van der Waals surface area contributed by atoms with E-state index in [1.807, 2.05) is 12.1 Å². The van der Waals surface area contributed by atoms with Crippen LogP contribution in [0.15, 0.2) is 46.9 Å². The molecule has 0 amide bonds. The molecular formula is C16H16BrNO. The van der Waals surface area contributed by atoms with Crippen LogP contribution in [0.5, 0.6) is 0 Å². The van der Waals surface area contributed by atoms with Gasteiger partial charge in [0.2, 0.25) is 0 Å². The number of para-hydroxylation sites is 1. The van der Waals surface area contributed by atoms with Crippen LogP contribution in [-0.4, -0.2) is 11.7 Å². The van der Waals surface area contributed by atoms with Crippen LogP contribution < -0.4 is 4.90 Å². The molecule has 0 radical (unpaired) electrons. The first-order chi connectivity index (χ1) is 9.16. The van der Waals surface area contributed by atoms with E-state index in [1.165, 1.54) is 11.3 Å². The summed E-state index contributed by atoms with van der Waals surface area (Å²) in [6.45, 7) is 2.79. The molecule has 0 fully saturated rings. The zero-order valence-electron chi connectivity index (χ0n) is 10.8. The first-order valence-corrected chi connectivity index (χ1v) is 7.29. The second kappa shape index (κ2) is 4.99. The third-order valence-corrected chi connectivity index (χ3v) is 4.27. The van der Waals surface area contributed by atoms with Gasteiger partial charge in [0.15, 0.2) is 0 Å². The first kappa shape index (κ1) is 12.7. The van der Waals surface area contributed by atoms with Gasteiger partial charge in [0.1, 0.15) is 0 Å². The average Bonchev–Trinajstić information content (AvgIpc) is 2.82. The average molecular weight is 318 g/mol. The van der Waals surface area contributed by atoms with E-state index in [0.29, 0.717) is 0 Å². The van der Waals surface area contributed by atoms with Crippen LogP contribution in [0.1, 0.15) is 24.2 Å². The molecule has 1 atom stereocenters. The maximum atomic E-state index is 9.63. The molecule has 2 aromatic rings. The van der Waals surface area contributed by atoms with E-state index in [-0.39, 0.29) is 0 Å². The van der Waals surface area contributed by atoms with Crippen LogP contribution in [0.25, 0.3) is 0 Å². The molecule has 98 valence electrons. The lowest BCUT2D eigenvalue weighted by Gasteiger charge is -2.22. The highest BCUT2D eigenvalue weighted by molar-refractivity contribution is 9.10. The lowest BCUT2D eigenvalue weighted by atomic mass is 10.1. The molecule has 1 aliphatic rings. The molecule has 1 aliphatic heterocycles. The van der Waals surface area contributed by atoms with Gasteiger partial charge in [0, 0.05) is 16.7 Å². The van der Waals surface area contributed by atoms with Gasteiger partial charge in [-0.3, -0.25) is 0 Å². The number of hydrogen-bond donors (Lipinski definition) is 1. The summed E-state index contributed by atoms with van der Waals surface area (Å²) in [4.78, 5) is 2.32. The standard InChI is InChI=1S/C16H16BrNO/c1-11(19)13-6-7-16(14(17)10-13)18-9-8-12-4-2-3-5-15(12)18/h2-7,10-11,19H,8-9H2,1H3. The number of rotatable bonds is 2. The lowest BCUT2D eigenvalue weighted by Crippen LogP contribution is -2.14. The maximum absolute atomic E-state index is 9.63. The van der Waals surface area contributed by atoms with Crippen molar-refractivity contribution in [1.82, 2.24) is 0 Å². The van der Waals surface area contributed by atoms with E-state index in [9.17, 15) is 5.11 Å². The first-order valence-electron chi connectivity index (χ1n) is 6.50. The Hall–Kier alpha value is -1.32. The van der Waals surface area contributed by atoms with Gasteiger partial charge < -0.3 is 10.0 Å². The normalized spacial score (nSPS) is 15.4. The van der Waals surface area contributed by atoms with Crippen molar-refractivity contribution >= 4 is 27.3 Å². The molecule has 3 rings (SSSR count). The fourth-order valence-corrected chi connectivity index (χ4v) is 3.20. The molecule has 0 aromatic heterocycles. The Kier molecular flexibility index (Phi) is 3.33. The fourth-order valence-electron chi connectivity index (χ4n) is 2.59. The van der Waals surface area contributed by atoms with E-state index in [0.717, 1.165) is 28.7 Å². The van der Waals surface area contributed by atoms with Crippen molar-refractivity contribution in [3.8, 4) is 0 Å². The third-order valence-electron chi connectivity index (χ3n) is 3.63. The van der Waals surface area contributed by atoms with Crippen LogP contribution >= 0.6 is 15.9 Å². The van der Waals surface area contributed by atoms with Crippen molar-refractivity contribution in [2.45, 2.75) is 19.4 Å². The number of aliphatic hydroxyl groups is 1. The summed E-state index contributed by atoms with van der Waals surface area (Å²) < 4.78 is 1.03. The molecule has 2 nitrogen and oxygen atoms in total. The third kappa shape index (κ3) is 2.28. The summed E-state index contributed by atoms with van der Waals surface area (Å²) in [7, 11) is 0. The van der Waals surface area contributed by atoms with Crippen LogP contribution in [0.2, 0.25) is 0 Å². The number of halogens is 1. The minimum atomic E-state index is -0.434. The largest absolute Gasteiger partial charge is 0.389 e. The van der Waals surface area contributed by atoms with Gasteiger partial charge in [-0.15, -0.1) is 0 Å². The van der Waals surface area contributed by atoms with Crippen LogP contribution in [0.3, 0.4) is 0 Å². The van der Waals surface area contributed by atoms with Crippen molar-refractivity contribution < 1.29 is 5.11 Å². The molecule has 1 heterocycles. The van der Waals surface area contributed by atoms with Gasteiger partial charge in [0.05, 0.1) is 11.8 Å². The summed E-state index contributed by atoms with van der Waals surface area (Å²) in [5.74, 6) is 0.